The van der Waals surface area contributed by atoms with Crippen LogP contribution in [0.15, 0.2) is 55.0 Å². The highest BCUT2D eigenvalue weighted by molar-refractivity contribution is 5.94. The monoisotopic (exact) mass is 469 g/mol. The predicted molar refractivity (Wildman–Crippen MR) is 135 cm³/mol. The Kier molecular flexibility index (Phi) is 5.86. The molecule has 6 rings (SSSR count). The van der Waals surface area contributed by atoms with Gasteiger partial charge in [-0.1, -0.05) is 12.1 Å². The van der Waals surface area contributed by atoms with E-state index in [4.69, 9.17) is 9.72 Å². The molecule has 1 saturated heterocycles. The zero-order chi connectivity index (χ0) is 23.7. The molecule has 0 bridgehead atoms. The van der Waals surface area contributed by atoms with Crippen LogP contribution in [0.2, 0.25) is 0 Å². The molecule has 1 spiro atoms. The van der Waals surface area contributed by atoms with Gasteiger partial charge in [0, 0.05) is 54.3 Å². The molecule has 1 aliphatic carbocycles. The van der Waals surface area contributed by atoms with Crippen LogP contribution < -0.4 is 20.7 Å². The Hall–Kier alpha value is -3.45. The fourth-order valence-electron chi connectivity index (χ4n) is 5.81. The number of anilines is 1. The van der Waals surface area contributed by atoms with Crippen molar-refractivity contribution in [1.29, 1.82) is 0 Å². The predicted octanol–water partition coefficient (Wildman–Crippen LogP) is 3.95. The maximum Gasteiger partial charge on any atom is 0.251 e. The molecule has 0 unspecified atom stereocenters. The van der Waals surface area contributed by atoms with Crippen LogP contribution >= 0.6 is 0 Å². The van der Waals surface area contributed by atoms with Crippen molar-refractivity contribution in [2.45, 2.75) is 44.7 Å². The average molecular weight is 470 g/mol. The van der Waals surface area contributed by atoms with E-state index in [9.17, 15) is 4.79 Å². The summed E-state index contributed by atoms with van der Waals surface area (Å²) in [5.41, 5.74) is 5.36. The van der Waals surface area contributed by atoms with E-state index in [-0.39, 0.29) is 5.91 Å². The Labute approximate surface area is 205 Å². The van der Waals surface area contributed by atoms with E-state index in [1.807, 2.05) is 42.6 Å². The molecule has 3 aromatic rings. The van der Waals surface area contributed by atoms with Crippen LogP contribution in [0.1, 0.15) is 47.2 Å². The summed E-state index contributed by atoms with van der Waals surface area (Å²) in [6.45, 7) is 3.45. The lowest BCUT2D eigenvalue weighted by Crippen LogP contribution is -2.54. The van der Waals surface area contributed by atoms with Crippen LogP contribution in [0.4, 0.5) is 5.82 Å². The molecule has 0 radical (unpaired) electrons. The van der Waals surface area contributed by atoms with Crippen LogP contribution in [-0.4, -0.2) is 41.6 Å². The third-order valence-electron chi connectivity index (χ3n) is 7.72. The van der Waals surface area contributed by atoms with Gasteiger partial charge < -0.3 is 20.7 Å². The van der Waals surface area contributed by atoms with Crippen molar-refractivity contribution in [3.8, 4) is 16.9 Å². The molecule has 35 heavy (non-hydrogen) atoms. The maximum atomic E-state index is 12.9. The fraction of sp³-hybridized carbons (Fsp3) is 0.393. The lowest BCUT2D eigenvalue weighted by Gasteiger charge is -2.50. The van der Waals surface area contributed by atoms with Crippen molar-refractivity contribution in [3.05, 3.63) is 71.7 Å². The van der Waals surface area contributed by atoms with Gasteiger partial charge in [-0.15, -0.1) is 0 Å². The Morgan fingerprint density at radius 3 is 2.80 bits per heavy atom. The van der Waals surface area contributed by atoms with Gasteiger partial charge >= 0.3 is 0 Å². The minimum Gasteiger partial charge on any atom is -0.492 e. The summed E-state index contributed by atoms with van der Waals surface area (Å²) in [6, 6.07) is 12.1. The van der Waals surface area contributed by atoms with Crippen LogP contribution in [0, 0.1) is 5.41 Å². The van der Waals surface area contributed by atoms with E-state index in [0.717, 1.165) is 66.2 Å². The molecule has 1 saturated carbocycles. The van der Waals surface area contributed by atoms with Crippen molar-refractivity contribution >= 4 is 11.7 Å². The summed E-state index contributed by atoms with van der Waals surface area (Å²) in [4.78, 5) is 21.7. The minimum absolute atomic E-state index is 0.0229. The van der Waals surface area contributed by atoms with Gasteiger partial charge in [-0.3, -0.25) is 9.78 Å². The molecule has 1 aromatic carbocycles. The van der Waals surface area contributed by atoms with E-state index < -0.39 is 0 Å². The minimum atomic E-state index is 0.0229. The number of aromatic nitrogens is 2. The van der Waals surface area contributed by atoms with E-state index in [1.165, 1.54) is 12.8 Å². The summed E-state index contributed by atoms with van der Waals surface area (Å²) in [7, 11) is 0. The van der Waals surface area contributed by atoms with Gasteiger partial charge in [0.25, 0.3) is 5.91 Å². The molecule has 4 heterocycles. The van der Waals surface area contributed by atoms with Crippen molar-refractivity contribution in [1.82, 2.24) is 20.6 Å². The zero-order valence-corrected chi connectivity index (χ0v) is 19.8. The number of ether oxygens (including phenoxy) is 1. The number of carbonyl (C=O) groups excluding carboxylic acids is 1. The van der Waals surface area contributed by atoms with Gasteiger partial charge in [0.2, 0.25) is 0 Å². The molecule has 3 N–H and O–H groups in total. The summed E-state index contributed by atoms with van der Waals surface area (Å²) in [6.07, 6.45) is 10.9. The average Bonchev–Trinajstić information content (AvgIpc) is 3.38. The van der Waals surface area contributed by atoms with E-state index in [0.29, 0.717) is 30.2 Å². The van der Waals surface area contributed by atoms with Gasteiger partial charge in [0.1, 0.15) is 11.6 Å². The second-order valence-corrected chi connectivity index (χ2v) is 10.0. The number of nitrogens with one attached hydrogen (secondary N) is 3. The highest BCUT2D eigenvalue weighted by Crippen LogP contribution is 2.48. The van der Waals surface area contributed by atoms with E-state index in [1.54, 1.807) is 12.4 Å². The van der Waals surface area contributed by atoms with Crippen molar-refractivity contribution < 1.29 is 9.53 Å². The number of carbonyl (C=O) groups is 1. The normalized spacial score (nSPS) is 18.4. The fourth-order valence-corrected chi connectivity index (χ4v) is 5.81. The number of nitrogens with zero attached hydrogens (tertiary/aromatic N) is 2. The number of pyridine rings is 2. The van der Waals surface area contributed by atoms with Gasteiger partial charge in [0.15, 0.2) is 0 Å². The standard InChI is InChI=1S/C28H31N5O2/c34-27(33-22-15-28(16-22)7-11-30-12-8-28)21-3-1-2-19(14-21)17-31-26-23-6-13-35-25(23)24(18-32-26)20-4-9-29-10-5-20/h1-5,9-10,14,18,22,30H,6-8,11-13,15-17H2,(H,31,32)(H,33,34). The Balaban J connectivity index is 1.10. The Bertz CT molecular complexity index is 1220. The molecular formula is C28H31N5O2. The number of fused-ring (bicyclic) bond motifs is 1. The van der Waals surface area contributed by atoms with Gasteiger partial charge in [-0.05, 0) is 79.6 Å². The number of hydrogen-bond acceptors (Lipinski definition) is 6. The lowest BCUT2D eigenvalue weighted by molar-refractivity contribution is 0.0423. The highest BCUT2D eigenvalue weighted by atomic mass is 16.5. The van der Waals surface area contributed by atoms with Crippen molar-refractivity contribution in [2.75, 3.05) is 25.0 Å². The van der Waals surface area contributed by atoms with Crippen LogP contribution in [0.5, 0.6) is 5.75 Å². The molecule has 2 fully saturated rings. The van der Waals surface area contributed by atoms with Gasteiger partial charge in [-0.2, -0.15) is 0 Å². The van der Waals surface area contributed by atoms with Gasteiger partial charge in [-0.25, -0.2) is 4.98 Å². The van der Waals surface area contributed by atoms with Gasteiger partial charge in [0.05, 0.1) is 6.61 Å². The quantitative estimate of drug-likeness (QED) is 0.507. The largest absolute Gasteiger partial charge is 0.492 e. The molecule has 180 valence electrons. The third-order valence-corrected chi connectivity index (χ3v) is 7.72. The zero-order valence-electron chi connectivity index (χ0n) is 19.8. The summed E-state index contributed by atoms with van der Waals surface area (Å²) in [5.74, 6) is 1.76. The van der Waals surface area contributed by atoms with E-state index in [2.05, 4.69) is 20.9 Å². The Morgan fingerprint density at radius 2 is 1.97 bits per heavy atom. The first-order chi connectivity index (χ1) is 17.2. The van der Waals surface area contributed by atoms with E-state index >= 15 is 0 Å². The number of amides is 1. The first-order valence-electron chi connectivity index (χ1n) is 12.6. The summed E-state index contributed by atoms with van der Waals surface area (Å²) in [5, 5.41) is 10.2. The molecule has 7 heteroatoms. The highest BCUT2D eigenvalue weighted by Gasteiger charge is 2.44. The van der Waals surface area contributed by atoms with Crippen molar-refractivity contribution in [3.63, 3.8) is 0 Å². The second-order valence-electron chi connectivity index (χ2n) is 10.0. The van der Waals surface area contributed by atoms with Crippen LogP contribution in [0.25, 0.3) is 11.1 Å². The third kappa shape index (κ3) is 4.48. The maximum absolute atomic E-state index is 12.9. The lowest BCUT2D eigenvalue weighted by atomic mass is 9.60. The second kappa shape index (κ2) is 9.30. The van der Waals surface area contributed by atoms with Crippen LogP contribution in [0.3, 0.4) is 0 Å². The summed E-state index contributed by atoms with van der Waals surface area (Å²) < 4.78 is 5.97. The molecule has 2 aliphatic heterocycles. The molecule has 0 atom stereocenters. The van der Waals surface area contributed by atoms with Crippen LogP contribution in [-0.2, 0) is 13.0 Å². The molecular weight excluding hydrogens is 438 g/mol. The smallest absolute Gasteiger partial charge is 0.251 e. The first kappa shape index (κ1) is 22.0. The summed E-state index contributed by atoms with van der Waals surface area (Å²) >= 11 is 0. The number of piperidine rings is 1. The Morgan fingerprint density at radius 1 is 1.14 bits per heavy atom. The number of rotatable bonds is 6. The number of hydrogen-bond donors (Lipinski definition) is 3. The van der Waals surface area contributed by atoms with Crippen molar-refractivity contribution in [2.24, 2.45) is 5.41 Å². The molecule has 2 aromatic heterocycles. The SMILES string of the molecule is O=C(NC1CC2(CCNCC2)C1)c1cccc(CNc2ncc(-c3ccncc3)c3c2CCO3)c1. The molecule has 3 aliphatic rings. The topological polar surface area (TPSA) is 88.2 Å². The number of benzene rings is 1. The first-order valence-corrected chi connectivity index (χ1v) is 12.6. The molecule has 1 amide bonds. The molecule has 7 nitrogen and oxygen atoms in total.